The lowest BCUT2D eigenvalue weighted by atomic mass is 9.94. The number of benzene rings is 1. The number of nitrogens with zero attached hydrogens (tertiary/aromatic N) is 4. The molecule has 150 valence electrons. The maximum atomic E-state index is 13.0. The molecule has 0 saturated heterocycles. The van der Waals surface area contributed by atoms with E-state index in [9.17, 15) is 9.59 Å². The number of nitrogens with one attached hydrogen (secondary N) is 1. The molecule has 2 amide bonds. The molecule has 8 heteroatoms. The van der Waals surface area contributed by atoms with Crippen LogP contribution in [0.2, 0.25) is 0 Å². The Morgan fingerprint density at radius 1 is 1.27 bits per heavy atom. The summed E-state index contributed by atoms with van der Waals surface area (Å²) in [5.41, 5.74) is 1.95. The summed E-state index contributed by atoms with van der Waals surface area (Å²) in [6.07, 6.45) is 8.37. The Labute approximate surface area is 178 Å². The number of hydrogen-bond donors (Lipinski definition) is 1. The van der Waals surface area contributed by atoms with Gasteiger partial charge in [0.2, 0.25) is 5.01 Å². The predicted octanol–water partition coefficient (Wildman–Crippen LogP) is 2.09. The molecular formula is C22H19N5O2S. The molecule has 2 aromatic heterocycles. The van der Waals surface area contributed by atoms with E-state index in [0.29, 0.717) is 18.7 Å². The van der Waals surface area contributed by atoms with Gasteiger partial charge in [-0.1, -0.05) is 47.7 Å². The smallest absolute Gasteiger partial charge is 0.282 e. The quantitative estimate of drug-likeness (QED) is 0.657. The predicted molar refractivity (Wildman–Crippen MR) is 114 cm³/mol. The van der Waals surface area contributed by atoms with Gasteiger partial charge in [0, 0.05) is 19.7 Å². The molecule has 0 fully saturated rings. The summed E-state index contributed by atoms with van der Waals surface area (Å²) in [4.78, 5) is 31.6. The van der Waals surface area contributed by atoms with Crippen molar-refractivity contribution in [2.45, 2.75) is 18.9 Å². The van der Waals surface area contributed by atoms with Crippen LogP contribution in [0.4, 0.5) is 5.82 Å². The highest BCUT2D eigenvalue weighted by atomic mass is 32.1. The number of terminal acetylenes is 1. The number of amides is 2. The minimum absolute atomic E-state index is 0.201. The van der Waals surface area contributed by atoms with Crippen molar-refractivity contribution >= 4 is 29.0 Å². The summed E-state index contributed by atoms with van der Waals surface area (Å²) in [5.74, 6) is 1.95. The topological polar surface area (TPSA) is 88.1 Å². The Morgan fingerprint density at radius 2 is 2.07 bits per heavy atom. The summed E-state index contributed by atoms with van der Waals surface area (Å²) in [5, 5.41) is 11.8. The fraction of sp³-hybridized carbons (Fsp3) is 0.227. The number of carbonyl (C=O) groups excluding carboxylic acids is 2. The van der Waals surface area contributed by atoms with Gasteiger partial charge in [-0.15, -0.1) is 22.5 Å². The van der Waals surface area contributed by atoms with Crippen LogP contribution in [0.1, 0.15) is 25.9 Å². The minimum atomic E-state index is -0.872. The van der Waals surface area contributed by atoms with Crippen LogP contribution in [-0.2, 0) is 17.6 Å². The number of pyridine rings is 1. The fourth-order valence-electron chi connectivity index (χ4n) is 3.44. The molecule has 1 aliphatic heterocycles. The fourth-order valence-corrected chi connectivity index (χ4v) is 4.22. The standard InChI is InChI=1S/C22H19N5O2S/c1-3-15-13-16-10-7-11-23-19(16)27(2)22(29)18(15)24-20(28)21-26-25-17(30-21)12-14-8-5-4-6-9-14/h1,4-11,15,18H,12-13H2,2H3,(H,24,28)/t15-,18-/m1/s1. The molecular weight excluding hydrogens is 398 g/mol. The molecule has 1 N–H and O–H groups in total. The molecule has 4 rings (SSSR count). The van der Waals surface area contributed by atoms with Gasteiger partial charge in [-0.3, -0.25) is 14.5 Å². The van der Waals surface area contributed by atoms with Crippen LogP contribution in [-0.4, -0.2) is 40.1 Å². The van der Waals surface area contributed by atoms with Gasteiger partial charge in [0.05, 0.1) is 5.92 Å². The second kappa shape index (κ2) is 8.43. The van der Waals surface area contributed by atoms with E-state index in [1.807, 2.05) is 36.4 Å². The van der Waals surface area contributed by atoms with Gasteiger partial charge in [-0.25, -0.2) is 4.98 Å². The van der Waals surface area contributed by atoms with Crippen LogP contribution in [0.3, 0.4) is 0 Å². The first kappa shape index (κ1) is 19.7. The first-order valence-electron chi connectivity index (χ1n) is 9.41. The van der Waals surface area contributed by atoms with Crippen molar-refractivity contribution in [2.75, 3.05) is 11.9 Å². The molecule has 1 aliphatic rings. The second-order valence-corrected chi connectivity index (χ2v) is 8.04. The first-order valence-corrected chi connectivity index (χ1v) is 10.2. The lowest BCUT2D eigenvalue weighted by molar-refractivity contribution is -0.120. The van der Waals surface area contributed by atoms with Crippen LogP contribution in [0.25, 0.3) is 0 Å². The van der Waals surface area contributed by atoms with Gasteiger partial charge >= 0.3 is 0 Å². The molecule has 0 radical (unpaired) electrons. The zero-order chi connectivity index (χ0) is 21.1. The van der Waals surface area contributed by atoms with Crippen molar-refractivity contribution in [1.29, 1.82) is 0 Å². The van der Waals surface area contributed by atoms with Gasteiger partial charge in [0.25, 0.3) is 11.8 Å². The van der Waals surface area contributed by atoms with Gasteiger partial charge < -0.3 is 5.32 Å². The number of fused-ring (bicyclic) bond motifs is 1. The third-order valence-corrected chi connectivity index (χ3v) is 5.91. The Balaban J connectivity index is 1.52. The molecule has 0 unspecified atom stereocenters. The SMILES string of the molecule is C#C[C@@H]1Cc2cccnc2N(C)C(=O)[C@@H]1NC(=O)c1nnc(Cc2ccccc2)s1. The average Bonchev–Trinajstić information content (AvgIpc) is 3.21. The van der Waals surface area contributed by atoms with Crippen molar-refractivity contribution < 1.29 is 9.59 Å². The number of anilines is 1. The molecule has 0 bridgehead atoms. The summed E-state index contributed by atoms with van der Waals surface area (Å²) in [6, 6.07) is 12.6. The molecule has 0 spiro atoms. The maximum Gasteiger partial charge on any atom is 0.282 e. The molecule has 1 aromatic carbocycles. The van der Waals surface area contributed by atoms with Crippen molar-refractivity contribution in [1.82, 2.24) is 20.5 Å². The van der Waals surface area contributed by atoms with E-state index in [-0.39, 0.29) is 10.9 Å². The van der Waals surface area contributed by atoms with Crippen molar-refractivity contribution in [3.63, 3.8) is 0 Å². The Morgan fingerprint density at radius 3 is 2.83 bits per heavy atom. The van der Waals surface area contributed by atoms with Crippen molar-refractivity contribution in [3.05, 3.63) is 69.8 Å². The molecule has 7 nitrogen and oxygen atoms in total. The molecule has 0 saturated carbocycles. The lowest BCUT2D eigenvalue weighted by Gasteiger charge is -2.23. The largest absolute Gasteiger partial charge is 0.337 e. The zero-order valence-electron chi connectivity index (χ0n) is 16.3. The van der Waals surface area contributed by atoms with Gasteiger partial charge in [0.1, 0.15) is 16.9 Å². The van der Waals surface area contributed by atoms with Crippen molar-refractivity contribution in [2.24, 2.45) is 5.92 Å². The molecule has 3 aromatic rings. The van der Waals surface area contributed by atoms with Gasteiger partial charge in [0.15, 0.2) is 0 Å². The van der Waals surface area contributed by atoms with E-state index in [4.69, 9.17) is 6.42 Å². The Kier molecular flexibility index (Phi) is 5.55. The van der Waals surface area contributed by atoms with Crippen LogP contribution in [0.5, 0.6) is 0 Å². The third kappa shape index (κ3) is 3.93. The average molecular weight is 417 g/mol. The van der Waals surface area contributed by atoms with E-state index in [0.717, 1.165) is 16.1 Å². The second-order valence-electron chi connectivity index (χ2n) is 6.98. The number of carbonyl (C=O) groups is 2. The monoisotopic (exact) mass is 417 g/mol. The van der Waals surface area contributed by atoms with Gasteiger partial charge in [-0.05, 0) is 23.6 Å². The highest BCUT2D eigenvalue weighted by Crippen LogP contribution is 2.27. The normalized spacial score (nSPS) is 18.3. The van der Waals surface area contributed by atoms with E-state index in [1.54, 1.807) is 19.3 Å². The van der Waals surface area contributed by atoms with Crippen LogP contribution in [0.15, 0.2) is 48.7 Å². The van der Waals surface area contributed by atoms with Crippen LogP contribution in [0, 0.1) is 18.3 Å². The van der Waals surface area contributed by atoms with Crippen LogP contribution < -0.4 is 10.2 Å². The lowest BCUT2D eigenvalue weighted by Crippen LogP contribution is -2.50. The highest BCUT2D eigenvalue weighted by Gasteiger charge is 2.37. The summed E-state index contributed by atoms with van der Waals surface area (Å²) >= 11 is 1.20. The third-order valence-electron chi connectivity index (χ3n) is 4.98. The summed E-state index contributed by atoms with van der Waals surface area (Å²) in [6.45, 7) is 0. The zero-order valence-corrected chi connectivity index (χ0v) is 17.1. The van der Waals surface area contributed by atoms with Crippen LogP contribution >= 0.6 is 11.3 Å². The van der Waals surface area contributed by atoms with E-state index >= 15 is 0 Å². The Hall–Kier alpha value is -3.57. The molecule has 30 heavy (non-hydrogen) atoms. The molecule has 0 aliphatic carbocycles. The first-order chi connectivity index (χ1) is 14.6. The van der Waals surface area contributed by atoms with E-state index in [2.05, 4.69) is 26.4 Å². The number of aromatic nitrogens is 3. The highest BCUT2D eigenvalue weighted by molar-refractivity contribution is 7.13. The Bertz CT molecular complexity index is 1120. The molecule has 2 atom stereocenters. The number of likely N-dealkylation sites (N-methyl/N-ethyl adjacent to an activating group) is 1. The van der Waals surface area contributed by atoms with E-state index in [1.165, 1.54) is 16.2 Å². The number of rotatable bonds is 4. The molecule has 3 heterocycles. The van der Waals surface area contributed by atoms with Crippen molar-refractivity contribution in [3.8, 4) is 12.3 Å². The van der Waals surface area contributed by atoms with E-state index < -0.39 is 17.9 Å². The summed E-state index contributed by atoms with van der Waals surface area (Å²) < 4.78 is 0. The minimum Gasteiger partial charge on any atom is -0.337 e. The van der Waals surface area contributed by atoms with Gasteiger partial charge in [-0.2, -0.15) is 0 Å². The summed E-state index contributed by atoms with van der Waals surface area (Å²) in [7, 11) is 1.63. The maximum absolute atomic E-state index is 13.0. The number of hydrogen-bond acceptors (Lipinski definition) is 6.